The smallest absolute Gasteiger partial charge is 0.156 e. The number of morpholine rings is 1. The minimum absolute atomic E-state index is 0.174. The van der Waals surface area contributed by atoms with Gasteiger partial charge in [-0.05, 0) is 5.56 Å². The molecule has 1 N–H and O–H groups in total. The average molecular weight is 348 g/mol. The number of ether oxygens (including phenoxy) is 1. The molecule has 0 bridgehead atoms. The molecule has 26 heavy (non-hydrogen) atoms. The maximum Gasteiger partial charge on any atom is 0.156 e. The molecule has 4 rings (SSSR count). The van der Waals surface area contributed by atoms with Crippen LogP contribution >= 0.6 is 0 Å². The molecule has 0 spiro atoms. The first kappa shape index (κ1) is 16.6. The first-order valence-corrected chi connectivity index (χ1v) is 8.67. The van der Waals surface area contributed by atoms with Crippen LogP contribution in [0, 0.1) is 11.8 Å². The molecule has 1 aliphatic heterocycles. The molecule has 0 unspecified atom stereocenters. The van der Waals surface area contributed by atoms with E-state index in [4.69, 9.17) is 9.84 Å². The molecular formula is C20H20N4O2. The molecule has 0 radical (unpaired) electrons. The zero-order valence-electron chi connectivity index (χ0n) is 14.4. The van der Waals surface area contributed by atoms with Crippen molar-refractivity contribution in [2.45, 2.75) is 6.54 Å². The van der Waals surface area contributed by atoms with Crippen LogP contribution in [0.5, 0.6) is 0 Å². The van der Waals surface area contributed by atoms with E-state index in [1.165, 1.54) is 5.56 Å². The summed E-state index contributed by atoms with van der Waals surface area (Å²) in [5, 5.41) is 9.06. The Hall–Kier alpha value is -2.88. The van der Waals surface area contributed by atoms with Crippen molar-refractivity contribution in [2.24, 2.45) is 0 Å². The Morgan fingerprint density at radius 1 is 1.12 bits per heavy atom. The van der Waals surface area contributed by atoms with E-state index in [1.807, 2.05) is 24.4 Å². The largest absolute Gasteiger partial charge is 0.384 e. The van der Waals surface area contributed by atoms with Gasteiger partial charge in [-0.1, -0.05) is 42.2 Å². The summed E-state index contributed by atoms with van der Waals surface area (Å²) in [7, 11) is 0. The summed E-state index contributed by atoms with van der Waals surface area (Å²) < 4.78 is 7.63. The average Bonchev–Trinajstić information content (AvgIpc) is 3.05. The van der Waals surface area contributed by atoms with Crippen molar-refractivity contribution in [3.05, 3.63) is 54.0 Å². The van der Waals surface area contributed by atoms with Crippen LogP contribution in [0.4, 0.5) is 5.82 Å². The van der Waals surface area contributed by atoms with Crippen LogP contribution in [0.3, 0.4) is 0 Å². The molecule has 3 aromatic rings. The van der Waals surface area contributed by atoms with Crippen molar-refractivity contribution in [2.75, 3.05) is 37.8 Å². The van der Waals surface area contributed by atoms with Gasteiger partial charge in [-0.2, -0.15) is 0 Å². The molecule has 1 fully saturated rings. The molecule has 3 heterocycles. The molecule has 1 aromatic carbocycles. The van der Waals surface area contributed by atoms with Gasteiger partial charge < -0.3 is 19.3 Å². The Kier molecular flexibility index (Phi) is 4.82. The Morgan fingerprint density at radius 2 is 1.92 bits per heavy atom. The zero-order chi connectivity index (χ0) is 17.8. The van der Waals surface area contributed by atoms with Crippen molar-refractivity contribution in [1.82, 2.24) is 14.5 Å². The monoisotopic (exact) mass is 348 g/mol. The van der Waals surface area contributed by atoms with Gasteiger partial charge in [0.2, 0.25) is 0 Å². The fourth-order valence-electron chi connectivity index (χ4n) is 3.25. The molecule has 0 atom stereocenters. The first-order chi connectivity index (χ1) is 12.9. The number of benzene rings is 1. The van der Waals surface area contributed by atoms with E-state index >= 15 is 0 Å². The number of aromatic nitrogens is 3. The van der Waals surface area contributed by atoms with E-state index in [0.717, 1.165) is 35.5 Å². The van der Waals surface area contributed by atoms with E-state index in [-0.39, 0.29) is 6.61 Å². The predicted molar refractivity (Wildman–Crippen MR) is 100 cm³/mol. The van der Waals surface area contributed by atoms with Crippen LogP contribution in [0.2, 0.25) is 0 Å². The number of hydrogen-bond acceptors (Lipinski definition) is 5. The Balaban J connectivity index is 1.85. The molecule has 6 nitrogen and oxygen atoms in total. The SMILES string of the molecule is OCC#Cc1cn(Cc2ccccc2)c2c(N3CCOCC3)ncnc12. The summed E-state index contributed by atoms with van der Waals surface area (Å²) in [4.78, 5) is 11.3. The second kappa shape index (κ2) is 7.56. The lowest BCUT2D eigenvalue weighted by Gasteiger charge is -2.28. The maximum atomic E-state index is 9.06. The van der Waals surface area contributed by atoms with E-state index in [1.54, 1.807) is 6.33 Å². The highest BCUT2D eigenvalue weighted by Gasteiger charge is 2.20. The number of aliphatic hydroxyl groups excluding tert-OH is 1. The van der Waals surface area contributed by atoms with Gasteiger partial charge in [-0.25, -0.2) is 9.97 Å². The molecule has 1 aliphatic rings. The first-order valence-electron chi connectivity index (χ1n) is 8.67. The number of rotatable bonds is 3. The summed E-state index contributed by atoms with van der Waals surface area (Å²) in [6.07, 6.45) is 3.59. The fraction of sp³-hybridized carbons (Fsp3) is 0.300. The van der Waals surface area contributed by atoms with Gasteiger partial charge >= 0.3 is 0 Å². The minimum Gasteiger partial charge on any atom is -0.384 e. The number of hydrogen-bond donors (Lipinski definition) is 1. The van der Waals surface area contributed by atoms with Crippen LogP contribution in [0.25, 0.3) is 11.0 Å². The van der Waals surface area contributed by atoms with Gasteiger partial charge in [0.05, 0.1) is 18.8 Å². The van der Waals surface area contributed by atoms with Crippen molar-refractivity contribution in [3.8, 4) is 11.8 Å². The Labute approximate surface area is 152 Å². The summed E-state index contributed by atoms with van der Waals surface area (Å²) >= 11 is 0. The van der Waals surface area contributed by atoms with Crippen molar-refractivity contribution in [1.29, 1.82) is 0 Å². The lowest BCUT2D eigenvalue weighted by Crippen LogP contribution is -2.37. The van der Waals surface area contributed by atoms with Crippen molar-refractivity contribution < 1.29 is 9.84 Å². The predicted octanol–water partition coefficient (Wildman–Crippen LogP) is 1.66. The van der Waals surface area contributed by atoms with Crippen LogP contribution in [-0.2, 0) is 11.3 Å². The number of aliphatic hydroxyl groups is 1. The lowest BCUT2D eigenvalue weighted by molar-refractivity contribution is 0.122. The molecule has 132 valence electrons. The van der Waals surface area contributed by atoms with Gasteiger partial charge in [-0.15, -0.1) is 0 Å². The van der Waals surface area contributed by atoms with E-state index in [9.17, 15) is 0 Å². The maximum absolute atomic E-state index is 9.06. The van der Waals surface area contributed by atoms with E-state index < -0.39 is 0 Å². The van der Waals surface area contributed by atoms with Gasteiger partial charge in [0.15, 0.2) is 5.82 Å². The van der Waals surface area contributed by atoms with Gasteiger partial charge in [0.25, 0.3) is 0 Å². The molecule has 0 amide bonds. The van der Waals surface area contributed by atoms with Crippen LogP contribution in [0.1, 0.15) is 11.1 Å². The highest BCUT2D eigenvalue weighted by Crippen LogP contribution is 2.28. The number of anilines is 1. The third-order valence-electron chi connectivity index (χ3n) is 4.44. The summed E-state index contributed by atoms with van der Waals surface area (Å²) in [6.45, 7) is 3.54. The highest BCUT2D eigenvalue weighted by atomic mass is 16.5. The second-order valence-corrected chi connectivity index (χ2v) is 6.11. The van der Waals surface area contributed by atoms with E-state index in [0.29, 0.717) is 19.8 Å². The minimum atomic E-state index is -0.174. The summed E-state index contributed by atoms with van der Waals surface area (Å²) in [5.74, 6) is 6.66. The van der Waals surface area contributed by atoms with E-state index in [2.05, 4.69) is 43.4 Å². The standard InChI is InChI=1S/C20H20N4O2/c25-10-4-7-17-14-24(13-16-5-2-1-3-6-16)19-18(17)21-15-22-20(19)23-8-11-26-12-9-23/h1-3,5-6,14-15,25H,8-13H2. The molecular weight excluding hydrogens is 328 g/mol. The molecule has 0 saturated carbocycles. The molecule has 1 saturated heterocycles. The molecule has 6 heteroatoms. The van der Waals surface area contributed by atoms with Crippen LogP contribution in [0.15, 0.2) is 42.9 Å². The van der Waals surface area contributed by atoms with Crippen LogP contribution < -0.4 is 4.90 Å². The summed E-state index contributed by atoms with van der Waals surface area (Å²) in [5.41, 5.74) is 3.80. The Morgan fingerprint density at radius 3 is 2.69 bits per heavy atom. The number of fused-ring (bicyclic) bond motifs is 1. The lowest BCUT2D eigenvalue weighted by atomic mass is 10.2. The third-order valence-corrected chi connectivity index (χ3v) is 4.44. The quantitative estimate of drug-likeness (QED) is 0.730. The van der Waals surface area contributed by atoms with Crippen molar-refractivity contribution >= 4 is 16.9 Å². The molecule has 0 aliphatic carbocycles. The zero-order valence-corrected chi connectivity index (χ0v) is 14.4. The number of nitrogens with zero attached hydrogens (tertiary/aromatic N) is 4. The second-order valence-electron chi connectivity index (χ2n) is 6.11. The van der Waals surface area contributed by atoms with Gasteiger partial charge in [0, 0.05) is 25.8 Å². The van der Waals surface area contributed by atoms with Crippen LogP contribution in [-0.4, -0.2) is 52.6 Å². The normalized spacial score (nSPS) is 14.3. The van der Waals surface area contributed by atoms with Gasteiger partial charge in [0.1, 0.15) is 24.0 Å². The molecule has 2 aromatic heterocycles. The third kappa shape index (κ3) is 3.27. The van der Waals surface area contributed by atoms with Gasteiger partial charge in [-0.3, -0.25) is 0 Å². The highest BCUT2D eigenvalue weighted by molar-refractivity contribution is 5.91. The Bertz CT molecular complexity index is 950. The topological polar surface area (TPSA) is 63.4 Å². The summed E-state index contributed by atoms with van der Waals surface area (Å²) in [6, 6.07) is 10.3. The van der Waals surface area contributed by atoms with Crippen molar-refractivity contribution in [3.63, 3.8) is 0 Å². The fourth-order valence-corrected chi connectivity index (χ4v) is 3.25.